The minimum absolute atomic E-state index is 0.458. The van der Waals surface area contributed by atoms with Gasteiger partial charge in [0.05, 0.1) is 47.3 Å². The molecular formula is C27H15N7O4. The van der Waals surface area contributed by atoms with Gasteiger partial charge in [-0.1, -0.05) is 40.8 Å². The van der Waals surface area contributed by atoms with Crippen LogP contribution in [0.4, 0.5) is 0 Å². The van der Waals surface area contributed by atoms with Gasteiger partial charge in [-0.2, -0.15) is 0 Å². The van der Waals surface area contributed by atoms with E-state index in [1.807, 2.05) is 30.3 Å². The largest absolute Gasteiger partial charge is 0.423 e. The number of benzene rings is 2. The van der Waals surface area contributed by atoms with Crippen molar-refractivity contribution in [3.8, 4) is 34.2 Å². The van der Waals surface area contributed by atoms with Crippen LogP contribution in [0, 0.1) is 0 Å². The minimum atomic E-state index is -0.483. The molecule has 0 atom stereocenters. The Kier molecular flexibility index (Phi) is 4.79. The monoisotopic (exact) mass is 501 g/mol. The van der Waals surface area contributed by atoms with Crippen molar-refractivity contribution in [2.75, 3.05) is 0 Å². The van der Waals surface area contributed by atoms with Crippen LogP contribution in [0.15, 0.2) is 110 Å². The predicted octanol–water partition coefficient (Wildman–Crippen LogP) is 3.79. The van der Waals surface area contributed by atoms with Crippen LogP contribution >= 0.6 is 0 Å². The number of rotatable bonds is 4. The number of pyridine rings is 1. The van der Waals surface area contributed by atoms with Crippen LogP contribution in [0.1, 0.15) is 0 Å². The maximum atomic E-state index is 12.1. The first-order valence-corrected chi connectivity index (χ1v) is 11.5. The van der Waals surface area contributed by atoms with Gasteiger partial charge in [0.1, 0.15) is 22.6 Å². The van der Waals surface area contributed by atoms with Crippen LogP contribution in [-0.4, -0.2) is 35.0 Å². The van der Waals surface area contributed by atoms with Crippen LogP contribution in [-0.2, 0) is 0 Å². The highest BCUT2D eigenvalue weighted by molar-refractivity contribution is 5.86. The van der Waals surface area contributed by atoms with Crippen molar-refractivity contribution in [1.29, 1.82) is 0 Å². The molecule has 11 heteroatoms. The molecule has 182 valence electrons. The molecule has 0 bridgehead atoms. The minimum Gasteiger partial charge on any atom is -0.423 e. The molecule has 5 heterocycles. The van der Waals surface area contributed by atoms with E-state index in [9.17, 15) is 9.59 Å². The van der Waals surface area contributed by atoms with E-state index >= 15 is 0 Å². The summed E-state index contributed by atoms with van der Waals surface area (Å²) in [5.74, 6) is 0. The van der Waals surface area contributed by atoms with Crippen molar-refractivity contribution >= 4 is 21.9 Å². The lowest BCUT2D eigenvalue weighted by Gasteiger charge is -2.04. The van der Waals surface area contributed by atoms with Gasteiger partial charge < -0.3 is 8.83 Å². The fourth-order valence-corrected chi connectivity index (χ4v) is 4.29. The lowest BCUT2D eigenvalue weighted by molar-refractivity contribution is 0.558. The molecule has 5 aromatic heterocycles. The fraction of sp³-hybridized carbons (Fsp3) is 0. The van der Waals surface area contributed by atoms with Crippen molar-refractivity contribution in [3.05, 3.63) is 112 Å². The highest BCUT2D eigenvalue weighted by Gasteiger charge is 2.15. The molecule has 7 rings (SSSR count). The Bertz CT molecular complexity index is 1960. The molecule has 2 aromatic carbocycles. The van der Waals surface area contributed by atoms with Gasteiger partial charge in [0, 0.05) is 10.8 Å². The molecule has 11 nitrogen and oxygen atoms in total. The Balaban J connectivity index is 1.26. The normalized spacial score (nSPS) is 11.4. The highest BCUT2D eigenvalue weighted by atomic mass is 16.4. The molecule has 0 radical (unpaired) electrons. The lowest BCUT2D eigenvalue weighted by Crippen LogP contribution is -2.04. The number of nitrogens with zero attached hydrogens (tertiary/aromatic N) is 7. The molecule has 0 aliphatic heterocycles. The van der Waals surface area contributed by atoms with Crippen molar-refractivity contribution in [3.63, 3.8) is 0 Å². The summed E-state index contributed by atoms with van der Waals surface area (Å²) in [6.45, 7) is 0. The number of aromatic nitrogens is 7. The van der Waals surface area contributed by atoms with Crippen molar-refractivity contribution in [2.24, 2.45) is 0 Å². The SMILES string of the molecule is O=c1cc(-n2cc(-c3cccc(-c4cn(-c5cc(=O)oc6ccccc56)nn4)n3)nn2)c2ccccc2o1. The molecule has 0 saturated heterocycles. The second-order valence-corrected chi connectivity index (χ2v) is 8.40. The Morgan fingerprint density at radius 1 is 0.553 bits per heavy atom. The van der Waals surface area contributed by atoms with E-state index < -0.39 is 11.3 Å². The molecule has 0 amide bonds. The molecule has 0 aliphatic rings. The average Bonchev–Trinajstić information content (AvgIpc) is 3.63. The van der Waals surface area contributed by atoms with Gasteiger partial charge >= 0.3 is 11.3 Å². The summed E-state index contributed by atoms with van der Waals surface area (Å²) in [7, 11) is 0. The molecule has 0 unspecified atom stereocenters. The first-order chi connectivity index (χ1) is 18.6. The van der Waals surface area contributed by atoms with E-state index in [0.29, 0.717) is 45.3 Å². The summed E-state index contributed by atoms with van der Waals surface area (Å²) in [5.41, 5.74) is 3.17. The molecule has 0 fully saturated rings. The Morgan fingerprint density at radius 3 is 1.53 bits per heavy atom. The zero-order chi connectivity index (χ0) is 25.6. The van der Waals surface area contributed by atoms with Crippen molar-refractivity contribution < 1.29 is 8.83 Å². The number of fused-ring (bicyclic) bond motifs is 2. The van der Waals surface area contributed by atoms with Crippen LogP contribution in [0.25, 0.3) is 56.1 Å². The van der Waals surface area contributed by atoms with Gasteiger partial charge in [-0.25, -0.2) is 23.9 Å². The smallest absolute Gasteiger partial charge is 0.338 e. The van der Waals surface area contributed by atoms with Crippen molar-refractivity contribution in [1.82, 2.24) is 35.0 Å². The second kappa shape index (κ2) is 8.45. The number of hydrogen-bond acceptors (Lipinski definition) is 9. The van der Waals surface area contributed by atoms with Crippen molar-refractivity contribution in [2.45, 2.75) is 0 Å². The molecule has 0 saturated carbocycles. The molecular weight excluding hydrogens is 486 g/mol. The summed E-state index contributed by atoms with van der Waals surface area (Å²) >= 11 is 0. The van der Waals surface area contributed by atoms with E-state index in [-0.39, 0.29) is 0 Å². The summed E-state index contributed by atoms with van der Waals surface area (Å²) in [6, 6.07) is 22.6. The predicted molar refractivity (Wildman–Crippen MR) is 137 cm³/mol. The standard InChI is InChI=1S/C27H15N7O4/c35-26-12-22(16-6-1-3-10-24(16)37-26)33-14-20(29-31-33)18-8-5-9-19(28-18)21-15-34(32-30-21)23-13-27(36)38-25-11-4-2-7-17(23)25/h1-15H. The highest BCUT2D eigenvalue weighted by Crippen LogP contribution is 2.25. The summed E-state index contributed by atoms with van der Waals surface area (Å²) < 4.78 is 13.6. The third kappa shape index (κ3) is 3.66. The van der Waals surface area contributed by atoms with Gasteiger partial charge in [0.25, 0.3) is 0 Å². The lowest BCUT2D eigenvalue weighted by atomic mass is 10.2. The quantitative estimate of drug-likeness (QED) is 0.330. The average molecular weight is 501 g/mol. The van der Waals surface area contributed by atoms with Crippen LogP contribution in [0.3, 0.4) is 0 Å². The Morgan fingerprint density at radius 2 is 1.03 bits per heavy atom. The van der Waals surface area contributed by atoms with Gasteiger partial charge in [-0.3, -0.25) is 0 Å². The Hall–Kier alpha value is -5.71. The summed E-state index contributed by atoms with van der Waals surface area (Å²) in [4.78, 5) is 28.8. The number of hydrogen-bond donors (Lipinski definition) is 0. The van der Waals surface area contributed by atoms with Crippen LogP contribution in [0.2, 0.25) is 0 Å². The summed E-state index contributed by atoms with van der Waals surface area (Å²) in [5, 5.41) is 18.4. The second-order valence-electron chi connectivity index (χ2n) is 8.40. The molecule has 0 spiro atoms. The Labute approximate surface area is 212 Å². The third-order valence-corrected chi connectivity index (χ3v) is 6.01. The molecule has 0 aliphatic carbocycles. The van der Waals surface area contributed by atoms with E-state index in [0.717, 1.165) is 10.8 Å². The van der Waals surface area contributed by atoms with Gasteiger partial charge in [0.2, 0.25) is 0 Å². The maximum Gasteiger partial charge on any atom is 0.338 e. The van der Waals surface area contributed by atoms with Crippen LogP contribution in [0.5, 0.6) is 0 Å². The summed E-state index contributed by atoms with van der Waals surface area (Å²) in [6.07, 6.45) is 3.39. The zero-order valence-electron chi connectivity index (χ0n) is 19.4. The van der Waals surface area contributed by atoms with Crippen LogP contribution < -0.4 is 11.3 Å². The molecule has 0 N–H and O–H groups in total. The van der Waals surface area contributed by atoms with E-state index in [1.54, 1.807) is 48.8 Å². The third-order valence-electron chi connectivity index (χ3n) is 6.01. The number of para-hydroxylation sites is 2. The van der Waals surface area contributed by atoms with Gasteiger partial charge in [-0.15, -0.1) is 10.2 Å². The fourth-order valence-electron chi connectivity index (χ4n) is 4.29. The topological polar surface area (TPSA) is 135 Å². The van der Waals surface area contributed by atoms with Gasteiger partial charge in [0.15, 0.2) is 0 Å². The van der Waals surface area contributed by atoms with E-state index in [1.165, 1.54) is 21.5 Å². The maximum absolute atomic E-state index is 12.1. The first kappa shape index (κ1) is 21.6. The van der Waals surface area contributed by atoms with E-state index in [2.05, 4.69) is 20.6 Å². The van der Waals surface area contributed by atoms with E-state index in [4.69, 9.17) is 13.8 Å². The molecule has 7 aromatic rings. The zero-order valence-corrected chi connectivity index (χ0v) is 19.4. The molecule has 38 heavy (non-hydrogen) atoms. The van der Waals surface area contributed by atoms with Gasteiger partial charge in [-0.05, 0) is 36.4 Å². The first-order valence-electron chi connectivity index (χ1n) is 11.5.